The molecule has 0 bridgehead atoms. The highest BCUT2D eigenvalue weighted by molar-refractivity contribution is 9.10. The second-order valence-electron chi connectivity index (χ2n) is 6.24. The molecule has 0 fully saturated rings. The van der Waals surface area contributed by atoms with Crippen molar-refractivity contribution < 1.29 is 14.8 Å². The molecule has 5 nitrogen and oxygen atoms in total. The van der Waals surface area contributed by atoms with Crippen LogP contribution < -0.4 is 15.5 Å². The minimum Gasteiger partial charge on any atom is -0.508 e. The van der Waals surface area contributed by atoms with E-state index >= 15 is 0 Å². The second kappa shape index (κ2) is 6.06. The van der Waals surface area contributed by atoms with Crippen LogP contribution in [-0.4, -0.2) is 24.1 Å². The van der Waals surface area contributed by atoms with Crippen molar-refractivity contribution in [2.45, 2.75) is 26.1 Å². The lowest BCUT2D eigenvalue weighted by atomic mass is 10.00. The fraction of sp³-hybridized carbons (Fsp3) is 0.353. The molecule has 2 aliphatic rings. The van der Waals surface area contributed by atoms with Crippen LogP contribution in [0.2, 0.25) is 0 Å². The number of benzene rings is 1. The number of rotatable bonds is 2. The van der Waals surface area contributed by atoms with Crippen LogP contribution in [-0.2, 0) is 13.0 Å². The molecule has 126 valence electrons. The summed E-state index contributed by atoms with van der Waals surface area (Å²) in [6.07, 6.45) is 0.531. The normalized spacial score (nSPS) is 22.3. The van der Waals surface area contributed by atoms with Gasteiger partial charge in [0.15, 0.2) is 0 Å². The van der Waals surface area contributed by atoms with Gasteiger partial charge in [0, 0.05) is 16.5 Å². The lowest BCUT2D eigenvalue weighted by Crippen LogP contribution is -3.11. The average Bonchev–Trinajstić information content (AvgIpc) is 2.94. The molecule has 2 atom stereocenters. The molecule has 2 aliphatic heterocycles. The van der Waals surface area contributed by atoms with Crippen molar-refractivity contribution in [1.29, 1.82) is 0 Å². The predicted octanol–water partition coefficient (Wildman–Crippen LogP) is 2.03. The first-order valence-corrected chi connectivity index (χ1v) is 9.71. The van der Waals surface area contributed by atoms with Gasteiger partial charge >= 0.3 is 0 Å². The maximum Gasteiger partial charge on any atom is 0.256 e. The van der Waals surface area contributed by atoms with Crippen molar-refractivity contribution in [3.8, 4) is 5.75 Å². The first-order valence-electron chi connectivity index (χ1n) is 8.10. The fourth-order valence-corrected chi connectivity index (χ4v) is 5.19. The zero-order valence-corrected chi connectivity index (χ0v) is 15.7. The Hall–Kier alpha value is -1.57. The van der Waals surface area contributed by atoms with Crippen molar-refractivity contribution in [1.82, 2.24) is 5.32 Å². The molecule has 0 saturated heterocycles. The Morgan fingerprint density at radius 2 is 2.25 bits per heavy atom. The molecule has 7 heteroatoms. The number of phenols is 1. The topological polar surface area (TPSA) is 65.8 Å². The van der Waals surface area contributed by atoms with Crippen LogP contribution >= 0.6 is 27.3 Å². The number of hydrogen-bond donors (Lipinski definition) is 4. The SMILES string of the molecule is CC[NH+]1CCc2c(sc3c2C(=O)N[C@H](c2cc(Br)ccc2O)N3)C1. The minimum atomic E-state index is -0.419. The molecular weight excluding hydrogens is 390 g/mol. The van der Waals surface area contributed by atoms with E-state index in [0.29, 0.717) is 5.56 Å². The van der Waals surface area contributed by atoms with Gasteiger partial charge in [0.25, 0.3) is 5.91 Å². The maximum absolute atomic E-state index is 12.7. The summed E-state index contributed by atoms with van der Waals surface area (Å²) in [6.45, 7) is 5.38. The third-order valence-corrected chi connectivity index (χ3v) is 6.46. The highest BCUT2D eigenvalue weighted by atomic mass is 79.9. The van der Waals surface area contributed by atoms with Crippen molar-refractivity contribution in [3.05, 3.63) is 44.2 Å². The smallest absolute Gasteiger partial charge is 0.256 e. The lowest BCUT2D eigenvalue weighted by Gasteiger charge is -2.27. The van der Waals surface area contributed by atoms with Gasteiger partial charge in [0.2, 0.25) is 0 Å². The summed E-state index contributed by atoms with van der Waals surface area (Å²) in [5.41, 5.74) is 2.67. The Kier molecular flexibility index (Phi) is 4.02. The van der Waals surface area contributed by atoms with Gasteiger partial charge in [-0.15, -0.1) is 11.3 Å². The first-order chi connectivity index (χ1) is 11.6. The van der Waals surface area contributed by atoms with E-state index in [2.05, 4.69) is 33.5 Å². The van der Waals surface area contributed by atoms with Crippen LogP contribution in [0.5, 0.6) is 5.75 Å². The summed E-state index contributed by atoms with van der Waals surface area (Å²) >= 11 is 5.10. The van der Waals surface area contributed by atoms with Crippen molar-refractivity contribution in [3.63, 3.8) is 0 Å². The highest BCUT2D eigenvalue weighted by Crippen LogP contribution is 2.40. The van der Waals surface area contributed by atoms with Gasteiger partial charge in [-0.25, -0.2) is 0 Å². The fourth-order valence-electron chi connectivity index (χ4n) is 3.46. The Balaban J connectivity index is 1.70. The standard InChI is InChI=1S/C17H18BrN3O2S/c1-2-21-6-5-10-13(8-21)24-17-14(10)16(23)19-15(20-17)11-7-9(18)3-4-12(11)22/h3-4,7,15,20,22H,2,5-6,8H2,1H3,(H,19,23)/p+1/t15-/m0/s1. The lowest BCUT2D eigenvalue weighted by molar-refractivity contribution is -0.913. The second-order valence-corrected chi connectivity index (χ2v) is 8.26. The molecule has 0 radical (unpaired) electrons. The molecule has 2 aromatic rings. The number of anilines is 1. The molecule has 4 N–H and O–H groups in total. The van der Waals surface area contributed by atoms with Crippen LogP contribution in [0.1, 0.15) is 39.5 Å². The number of carbonyl (C=O) groups excluding carboxylic acids is 1. The molecule has 24 heavy (non-hydrogen) atoms. The maximum atomic E-state index is 12.7. The van der Waals surface area contributed by atoms with E-state index in [-0.39, 0.29) is 11.7 Å². The summed E-state index contributed by atoms with van der Waals surface area (Å²) in [5.74, 6) is 0.118. The molecule has 4 rings (SSSR count). The molecule has 0 aliphatic carbocycles. The molecule has 1 amide bonds. The number of phenolic OH excluding ortho intramolecular Hbond substituents is 1. The summed E-state index contributed by atoms with van der Waals surface area (Å²) in [5, 5.41) is 17.4. The van der Waals surface area contributed by atoms with Gasteiger partial charge in [0.05, 0.1) is 23.5 Å². The van der Waals surface area contributed by atoms with Crippen LogP contribution in [0.4, 0.5) is 5.00 Å². The number of likely N-dealkylation sites (N-methyl/N-ethyl adjacent to an activating group) is 1. The number of quaternary nitrogens is 1. The largest absolute Gasteiger partial charge is 0.508 e. The average molecular weight is 409 g/mol. The Bertz CT molecular complexity index is 820. The van der Waals surface area contributed by atoms with E-state index in [4.69, 9.17) is 0 Å². The van der Waals surface area contributed by atoms with Gasteiger partial charge in [-0.2, -0.15) is 0 Å². The first kappa shape index (κ1) is 15.9. The molecule has 0 saturated carbocycles. The Labute approximate surface area is 152 Å². The third-order valence-electron chi connectivity index (χ3n) is 4.81. The van der Waals surface area contributed by atoms with Crippen LogP contribution in [0, 0.1) is 0 Å². The van der Waals surface area contributed by atoms with Crippen LogP contribution in [0.3, 0.4) is 0 Å². The molecule has 3 heterocycles. The zero-order valence-electron chi connectivity index (χ0n) is 13.3. The van der Waals surface area contributed by atoms with E-state index in [0.717, 1.165) is 41.1 Å². The monoisotopic (exact) mass is 408 g/mol. The van der Waals surface area contributed by atoms with Gasteiger partial charge in [-0.05, 0) is 30.7 Å². The van der Waals surface area contributed by atoms with Gasteiger partial charge < -0.3 is 20.6 Å². The summed E-state index contributed by atoms with van der Waals surface area (Å²) in [7, 11) is 0. The third kappa shape index (κ3) is 2.60. The molecule has 1 unspecified atom stereocenters. The number of nitrogens with one attached hydrogen (secondary N) is 3. The number of halogens is 1. The Morgan fingerprint density at radius 1 is 1.42 bits per heavy atom. The zero-order chi connectivity index (χ0) is 16.8. The molecule has 1 aromatic heterocycles. The number of hydrogen-bond acceptors (Lipinski definition) is 4. The number of aromatic hydroxyl groups is 1. The predicted molar refractivity (Wildman–Crippen MR) is 97.7 cm³/mol. The van der Waals surface area contributed by atoms with Crippen molar-refractivity contribution in [2.24, 2.45) is 0 Å². The van der Waals surface area contributed by atoms with Gasteiger partial charge in [0.1, 0.15) is 23.5 Å². The Morgan fingerprint density at radius 3 is 3.04 bits per heavy atom. The van der Waals surface area contributed by atoms with Gasteiger partial charge in [-0.1, -0.05) is 15.9 Å². The number of fused-ring (bicyclic) bond motifs is 3. The quantitative estimate of drug-likeness (QED) is 0.614. The summed E-state index contributed by atoms with van der Waals surface area (Å²) in [4.78, 5) is 15.6. The van der Waals surface area contributed by atoms with E-state index in [1.54, 1.807) is 28.4 Å². The number of thiophene rings is 1. The highest BCUT2D eigenvalue weighted by Gasteiger charge is 2.34. The minimum absolute atomic E-state index is 0.0504. The summed E-state index contributed by atoms with van der Waals surface area (Å²) in [6, 6.07) is 5.24. The van der Waals surface area contributed by atoms with Crippen LogP contribution in [0.25, 0.3) is 0 Å². The molecule has 0 spiro atoms. The van der Waals surface area contributed by atoms with E-state index < -0.39 is 6.17 Å². The number of carbonyl (C=O) groups is 1. The van der Waals surface area contributed by atoms with Crippen LogP contribution in [0.15, 0.2) is 22.7 Å². The van der Waals surface area contributed by atoms with E-state index in [9.17, 15) is 9.90 Å². The van der Waals surface area contributed by atoms with Crippen molar-refractivity contribution in [2.75, 3.05) is 18.4 Å². The van der Waals surface area contributed by atoms with Gasteiger partial charge in [-0.3, -0.25) is 4.79 Å². The van der Waals surface area contributed by atoms with E-state index in [1.807, 2.05) is 6.07 Å². The molecule has 1 aromatic carbocycles. The molecular formula is C17H19BrN3O2S+. The number of amides is 1. The summed E-state index contributed by atoms with van der Waals surface area (Å²) < 4.78 is 0.866. The van der Waals surface area contributed by atoms with E-state index in [1.165, 1.54) is 10.4 Å². The van der Waals surface area contributed by atoms with Crippen molar-refractivity contribution >= 4 is 38.2 Å².